The fraction of sp³-hybridized carbons (Fsp3) is 0.250. The van der Waals surface area contributed by atoms with E-state index >= 15 is 0 Å². The first-order valence-electron chi connectivity index (χ1n) is 6.41. The third kappa shape index (κ3) is 3.42. The highest BCUT2D eigenvalue weighted by molar-refractivity contribution is 6.30. The van der Waals surface area contributed by atoms with Crippen molar-refractivity contribution in [2.75, 3.05) is 5.32 Å². The van der Waals surface area contributed by atoms with Gasteiger partial charge in [0.2, 0.25) is 0 Å². The molecule has 2 rings (SSSR count). The van der Waals surface area contributed by atoms with Gasteiger partial charge in [-0.2, -0.15) is 0 Å². The highest BCUT2D eigenvalue weighted by Crippen LogP contribution is 2.27. The van der Waals surface area contributed by atoms with Gasteiger partial charge in [-0.15, -0.1) is 0 Å². The van der Waals surface area contributed by atoms with Crippen LogP contribution in [0.15, 0.2) is 42.5 Å². The van der Waals surface area contributed by atoms with E-state index in [1.807, 2.05) is 37.3 Å². The molecule has 1 atom stereocenters. The summed E-state index contributed by atoms with van der Waals surface area (Å²) in [5.41, 5.74) is 3.04. The van der Waals surface area contributed by atoms with Crippen LogP contribution < -0.4 is 5.32 Å². The summed E-state index contributed by atoms with van der Waals surface area (Å²) in [5, 5.41) is 13.8. The standard InChI is InChI=1S/C16H18ClNO/c1-3-15(12-5-4-6-13(17)10-12)18-14-7-8-16(19)11(2)9-14/h4-10,15,18-19H,3H2,1-2H3. The molecular weight excluding hydrogens is 258 g/mol. The lowest BCUT2D eigenvalue weighted by Crippen LogP contribution is -2.09. The molecule has 0 heterocycles. The zero-order chi connectivity index (χ0) is 13.8. The molecule has 0 saturated heterocycles. The third-order valence-corrected chi connectivity index (χ3v) is 3.43. The van der Waals surface area contributed by atoms with E-state index in [1.54, 1.807) is 6.07 Å². The summed E-state index contributed by atoms with van der Waals surface area (Å²) in [6, 6.07) is 13.6. The second-order valence-electron chi connectivity index (χ2n) is 4.66. The van der Waals surface area contributed by atoms with Crippen LogP contribution in [0.1, 0.15) is 30.5 Å². The second-order valence-corrected chi connectivity index (χ2v) is 5.10. The molecule has 19 heavy (non-hydrogen) atoms. The number of halogens is 1. The number of hydrogen-bond donors (Lipinski definition) is 2. The van der Waals surface area contributed by atoms with Crippen molar-refractivity contribution < 1.29 is 5.11 Å². The molecule has 0 amide bonds. The number of phenolic OH excluding ortho intramolecular Hbond substituents is 1. The van der Waals surface area contributed by atoms with Gasteiger partial charge in [0.05, 0.1) is 6.04 Å². The fourth-order valence-electron chi connectivity index (χ4n) is 2.09. The van der Waals surface area contributed by atoms with Gasteiger partial charge >= 0.3 is 0 Å². The van der Waals surface area contributed by atoms with Crippen molar-refractivity contribution in [2.24, 2.45) is 0 Å². The molecule has 3 heteroatoms. The molecule has 0 aliphatic heterocycles. The second kappa shape index (κ2) is 5.98. The SMILES string of the molecule is CCC(Nc1ccc(O)c(C)c1)c1cccc(Cl)c1. The number of benzene rings is 2. The molecule has 100 valence electrons. The Balaban J connectivity index is 2.21. The van der Waals surface area contributed by atoms with Crippen molar-refractivity contribution in [2.45, 2.75) is 26.3 Å². The number of aromatic hydroxyl groups is 1. The molecule has 0 saturated carbocycles. The van der Waals surface area contributed by atoms with Crippen LogP contribution >= 0.6 is 11.6 Å². The van der Waals surface area contributed by atoms with Crippen LogP contribution in [0, 0.1) is 6.92 Å². The number of anilines is 1. The van der Waals surface area contributed by atoms with Crippen molar-refractivity contribution in [3.8, 4) is 5.75 Å². The van der Waals surface area contributed by atoms with Gasteiger partial charge in [-0.1, -0.05) is 30.7 Å². The minimum atomic E-state index is 0.211. The fourth-order valence-corrected chi connectivity index (χ4v) is 2.29. The van der Waals surface area contributed by atoms with E-state index in [4.69, 9.17) is 11.6 Å². The molecule has 2 aromatic rings. The van der Waals surface area contributed by atoms with Gasteiger partial charge in [0.15, 0.2) is 0 Å². The number of aryl methyl sites for hydroxylation is 1. The Morgan fingerprint density at radius 1 is 1.21 bits per heavy atom. The minimum Gasteiger partial charge on any atom is -0.508 e. The highest BCUT2D eigenvalue weighted by atomic mass is 35.5. The lowest BCUT2D eigenvalue weighted by atomic mass is 10.0. The van der Waals surface area contributed by atoms with Crippen molar-refractivity contribution in [3.05, 3.63) is 58.6 Å². The molecule has 0 aliphatic carbocycles. The first-order valence-corrected chi connectivity index (χ1v) is 6.79. The quantitative estimate of drug-likeness (QED) is 0.777. The van der Waals surface area contributed by atoms with E-state index in [0.29, 0.717) is 5.75 Å². The predicted molar refractivity (Wildman–Crippen MR) is 81.0 cm³/mol. The zero-order valence-electron chi connectivity index (χ0n) is 11.2. The van der Waals surface area contributed by atoms with Gasteiger partial charge in [-0.05, 0) is 54.8 Å². The van der Waals surface area contributed by atoms with Crippen LogP contribution in [0.4, 0.5) is 5.69 Å². The molecular formula is C16H18ClNO. The Morgan fingerprint density at radius 3 is 2.63 bits per heavy atom. The molecule has 2 N–H and O–H groups in total. The van der Waals surface area contributed by atoms with Gasteiger partial charge in [0.1, 0.15) is 5.75 Å². The summed E-state index contributed by atoms with van der Waals surface area (Å²) < 4.78 is 0. The molecule has 1 unspecified atom stereocenters. The number of rotatable bonds is 4. The van der Waals surface area contributed by atoms with Crippen LogP contribution in [-0.4, -0.2) is 5.11 Å². The lowest BCUT2D eigenvalue weighted by Gasteiger charge is -2.19. The van der Waals surface area contributed by atoms with E-state index in [-0.39, 0.29) is 6.04 Å². The third-order valence-electron chi connectivity index (χ3n) is 3.20. The highest BCUT2D eigenvalue weighted by Gasteiger charge is 2.10. The molecule has 0 bridgehead atoms. The largest absolute Gasteiger partial charge is 0.508 e. The molecule has 0 radical (unpaired) electrons. The van der Waals surface area contributed by atoms with Gasteiger partial charge in [-0.3, -0.25) is 0 Å². The normalized spacial score (nSPS) is 12.2. The van der Waals surface area contributed by atoms with E-state index in [9.17, 15) is 5.11 Å². The monoisotopic (exact) mass is 275 g/mol. The summed E-state index contributed by atoms with van der Waals surface area (Å²) in [6.07, 6.45) is 0.959. The van der Waals surface area contributed by atoms with Crippen molar-refractivity contribution in [1.29, 1.82) is 0 Å². The first kappa shape index (κ1) is 13.8. The van der Waals surface area contributed by atoms with E-state index in [0.717, 1.165) is 22.7 Å². The van der Waals surface area contributed by atoms with E-state index in [1.165, 1.54) is 5.56 Å². The average molecular weight is 276 g/mol. The molecule has 2 nitrogen and oxygen atoms in total. The van der Waals surface area contributed by atoms with Crippen LogP contribution in [0.2, 0.25) is 5.02 Å². The Labute approximate surface area is 119 Å². The maximum absolute atomic E-state index is 9.54. The summed E-state index contributed by atoms with van der Waals surface area (Å²) in [5.74, 6) is 0.321. The Morgan fingerprint density at radius 2 is 2.00 bits per heavy atom. The van der Waals surface area contributed by atoms with Crippen molar-refractivity contribution >= 4 is 17.3 Å². The molecule has 2 aromatic carbocycles. The van der Waals surface area contributed by atoms with Crippen molar-refractivity contribution in [1.82, 2.24) is 0 Å². The smallest absolute Gasteiger partial charge is 0.118 e. The molecule has 0 spiro atoms. The van der Waals surface area contributed by atoms with Crippen LogP contribution in [0.25, 0.3) is 0 Å². The number of phenols is 1. The summed E-state index contributed by atoms with van der Waals surface area (Å²) >= 11 is 6.03. The van der Waals surface area contributed by atoms with Gasteiger partial charge in [0.25, 0.3) is 0 Å². The topological polar surface area (TPSA) is 32.3 Å². The van der Waals surface area contributed by atoms with Gasteiger partial charge in [0, 0.05) is 10.7 Å². The van der Waals surface area contributed by atoms with E-state index in [2.05, 4.69) is 18.3 Å². The summed E-state index contributed by atoms with van der Waals surface area (Å²) in [7, 11) is 0. The molecule has 0 aromatic heterocycles. The summed E-state index contributed by atoms with van der Waals surface area (Å²) in [4.78, 5) is 0. The first-order chi connectivity index (χ1) is 9.10. The van der Waals surface area contributed by atoms with Gasteiger partial charge < -0.3 is 10.4 Å². The minimum absolute atomic E-state index is 0.211. The van der Waals surface area contributed by atoms with Crippen LogP contribution in [0.3, 0.4) is 0 Å². The predicted octanol–water partition coefficient (Wildman–Crippen LogP) is 4.92. The summed E-state index contributed by atoms with van der Waals surface area (Å²) in [6.45, 7) is 4.02. The number of hydrogen-bond acceptors (Lipinski definition) is 2. The van der Waals surface area contributed by atoms with Crippen LogP contribution in [0.5, 0.6) is 5.75 Å². The average Bonchev–Trinajstić information content (AvgIpc) is 2.40. The number of nitrogens with one attached hydrogen (secondary N) is 1. The Kier molecular flexibility index (Phi) is 4.33. The molecule has 0 aliphatic rings. The lowest BCUT2D eigenvalue weighted by molar-refractivity contribution is 0.471. The molecule has 0 fully saturated rings. The maximum atomic E-state index is 9.54. The Hall–Kier alpha value is -1.67. The maximum Gasteiger partial charge on any atom is 0.118 e. The zero-order valence-corrected chi connectivity index (χ0v) is 11.9. The van der Waals surface area contributed by atoms with Gasteiger partial charge in [-0.25, -0.2) is 0 Å². The van der Waals surface area contributed by atoms with Crippen molar-refractivity contribution in [3.63, 3.8) is 0 Å². The Bertz CT molecular complexity index is 568. The van der Waals surface area contributed by atoms with E-state index < -0.39 is 0 Å². The van der Waals surface area contributed by atoms with Crippen LogP contribution in [-0.2, 0) is 0 Å².